The fourth-order valence-electron chi connectivity index (χ4n) is 7.97. The van der Waals surface area contributed by atoms with Gasteiger partial charge in [-0.25, -0.2) is 70.2 Å². The molecule has 54 heavy (non-hydrogen) atoms. The number of halogens is 16. The van der Waals surface area contributed by atoms with Gasteiger partial charge in [0.25, 0.3) is 0 Å². The summed E-state index contributed by atoms with van der Waals surface area (Å²) in [7, 11) is 0. The van der Waals surface area contributed by atoms with Gasteiger partial charge in [0.05, 0.1) is 0 Å². The van der Waals surface area contributed by atoms with Gasteiger partial charge in [-0.2, -0.15) is 0 Å². The Morgan fingerprint density at radius 2 is 0.370 bits per heavy atom. The third-order valence-electron chi connectivity index (χ3n) is 11.0. The summed E-state index contributed by atoms with van der Waals surface area (Å²) in [5.41, 5.74) is -17.3. The van der Waals surface area contributed by atoms with Crippen LogP contribution in [0.1, 0.15) is 97.3 Å². The Kier molecular flexibility index (Phi) is 9.56. The van der Waals surface area contributed by atoms with Gasteiger partial charge in [-0.3, -0.25) is 0 Å². The maximum atomic E-state index is 16.6. The maximum absolute atomic E-state index is 16.6. The topological polar surface area (TPSA) is 0 Å². The molecule has 0 nitrogen and oxygen atoms in total. The molecule has 0 saturated heterocycles. The summed E-state index contributed by atoms with van der Waals surface area (Å²) in [6.45, 7) is 0. The van der Waals surface area contributed by atoms with Crippen molar-refractivity contribution in [3.8, 4) is 0 Å². The minimum absolute atomic E-state index is 0. The standard InChI is InChI=1S/C36H20BF16.Na/c38-21-13(9-1-2-9)22(39)30(47)17(29(21)46)37(18-31(48)23(40)14(10-3-4-10)24(41)32(18)49,19-33(50)25(42)15(11-5-6-11)26(43)34(19)51)20-35(52)27(44)16(12-7-8-12)28(45)36(20)53;/h9-12H,1-8H2;/q-1;+1. The zero-order valence-electron chi connectivity index (χ0n) is 27.6. The second-order valence-electron chi connectivity index (χ2n) is 14.3. The van der Waals surface area contributed by atoms with Crippen LogP contribution >= 0.6 is 0 Å². The van der Waals surface area contributed by atoms with Gasteiger partial charge < -0.3 is 0 Å². The molecule has 0 unspecified atom stereocenters. The molecular weight excluding hydrogens is 770 g/mol. The summed E-state index contributed by atoms with van der Waals surface area (Å²) < 4.78 is 260. The van der Waals surface area contributed by atoms with Crippen LogP contribution < -0.4 is 51.4 Å². The molecule has 0 N–H and O–H groups in total. The van der Waals surface area contributed by atoms with E-state index in [4.69, 9.17) is 0 Å². The third-order valence-corrected chi connectivity index (χ3v) is 11.0. The van der Waals surface area contributed by atoms with Crippen LogP contribution in [0.3, 0.4) is 0 Å². The van der Waals surface area contributed by atoms with Crippen LogP contribution in [0.2, 0.25) is 0 Å². The van der Waals surface area contributed by atoms with Crippen molar-refractivity contribution < 1.29 is 99.8 Å². The molecular formula is C36H20BF16Na. The van der Waals surface area contributed by atoms with Gasteiger partial charge in [0.1, 0.15) is 52.7 Å². The molecule has 0 heterocycles. The molecule has 0 amide bonds. The van der Waals surface area contributed by atoms with E-state index < -0.39 is 167 Å². The Hall–Kier alpha value is -3.18. The Morgan fingerprint density at radius 3 is 0.481 bits per heavy atom. The van der Waals surface area contributed by atoms with Crippen LogP contribution in [-0.4, -0.2) is 6.15 Å². The molecule has 4 saturated carbocycles. The number of benzene rings is 4. The van der Waals surface area contributed by atoms with E-state index >= 15 is 70.2 Å². The quantitative estimate of drug-likeness (QED) is 0.120. The molecule has 0 spiro atoms. The smallest absolute Gasteiger partial charge is 0.207 e. The first kappa shape index (κ1) is 39.1. The number of rotatable bonds is 8. The molecule has 4 aliphatic rings. The summed E-state index contributed by atoms with van der Waals surface area (Å²) in [6.07, 6.45) is -7.60. The van der Waals surface area contributed by atoms with Crippen molar-refractivity contribution in [2.75, 3.05) is 0 Å². The molecule has 4 aromatic rings. The van der Waals surface area contributed by atoms with Crippen molar-refractivity contribution in [1.29, 1.82) is 0 Å². The third kappa shape index (κ3) is 5.32. The van der Waals surface area contributed by atoms with Crippen molar-refractivity contribution in [2.45, 2.75) is 75.0 Å². The van der Waals surface area contributed by atoms with Crippen LogP contribution in [0.4, 0.5) is 70.2 Å². The van der Waals surface area contributed by atoms with Crippen molar-refractivity contribution in [1.82, 2.24) is 0 Å². The van der Waals surface area contributed by atoms with E-state index in [1.54, 1.807) is 0 Å². The first-order valence-corrected chi connectivity index (χ1v) is 16.6. The largest absolute Gasteiger partial charge is 1.00 e. The first-order valence-electron chi connectivity index (χ1n) is 16.6. The van der Waals surface area contributed by atoms with E-state index in [2.05, 4.69) is 0 Å². The molecule has 8 rings (SSSR count). The van der Waals surface area contributed by atoms with E-state index in [0.717, 1.165) is 0 Å². The fraction of sp³-hybridized carbons (Fsp3) is 0.333. The molecule has 0 atom stereocenters. The average Bonchev–Trinajstić information content (AvgIpc) is 3.92. The van der Waals surface area contributed by atoms with Gasteiger partial charge in [-0.15, -0.1) is 21.9 Å². The zero-order chi connectivity index (χ0) is 38.3. The van der Waals surface area contributed by atoms with E-state index in [9.17, 15) is 0 Å². The Bertz CT molecular complexity index is 1870. The maximum Gasteiger partial charge on any atom is 1.00 e. The van der Waals surface area contributed by atoms with E-state index in [1.165, 1.54) is 0 Å². The van der Waals surface area contributed by atoms with Gasteiger partial charge in [0.2, 0.25) is 0 Å². The van der Waals surface area contributed by atoms with Crippen molar-refractivity contribution in [2.24, 2.45) is 0 Å². The van der Waals surface area contributed by atoms with E-state index in [-0.39, 0.29) is 80.9 Å². The van der Waals surface area contributed by atoms with Gasteiger partial charge in [-0.05, 0) is 75.0 Å². The summed E-state index contributed by atoms with van der Waals surface area (Å²) in [4.78, 5) is 0. The van der Waals surface area contributed by atoms with Crippen LogP contribution in [0.15, 0.2) is 0 Å². The molecule has 18 heteroatoms. The predicted molar refractivity (Wildman–Crippen MR) is 157 cm³/mol. The molecule has 0 radical (unpaired) electrons. The monoisotopic (exact) mass is 790 g/mol. The average molecular weight is 790 g/mol. The molecule has 0 aromatic heterocycles. The Balaban J connectivity index is 0.00000450. The predicted octanol–water partition coefficient (Wildman–Crippen LogP) is 5.80. The summed E-state index contributed by atoms with van der Waals surface area (Å²) in [5.74, 6) is -49.1. The molecule has 0 aliphatic heterocycles. The summed E-state index contributed by atoms with van der Waals surface area (Å²) in [5, 5.41) is 0. The minimum Gasteiger partial charge on any atom is -0.207 e. The number of hydrogen-bond acceptors (Lipinski definition) is 0. The second kappa shape index (κ2) is 13.2. The van der Waals surface area contributed by atoms with Crippen molar-refractivity contribution >= 4 is 28.0 Å². The Labute approximate surface area is 317 Å². The van der Waals surface area contributed by atoms with Crippen LogP contribution in [0.25, 0.3) is 0 Å². The Morgan fingerprint density at radius 1 is 0.241 bits per heavy atom. The number of hydrogen-bond donors (Lipinski definition) is 0. The molecule has 0 bridgehead atoms. The molecule has 4 aliphatic carbocycles. The summed E-state index contributed by atoms with van der Waals surface area (Å²) >= 11 is 0. The molecule has 4 aromatic carbocycles. The SMILES string of the molecule is Fc1c(F)c([B-](c2c(F)c(F)c(C3CC3)c(F)c2F)(c2c(F)c(F)c(C3CC3)c(F)c2F)c2c(F)c(F)c(C3CC3)c(F)c2F)c(F)c(F)c1C1CC1.[Na+]. The first-order chi connectivity index (χ1) is 25.0. The normalized spacial score (nSPS) is 17.3. The van der Waals surface area contributed by atoms with Gasteiger partial charge in [0.15, 0.2) is 46.5 Å². The van der Waals surface area contributed by atoms with Gasteiger partial charge in [0, 0.05) is 22.3 Å². The van der Waals surface area contributed by atoms with Gasteiger partial charge in [-0.1, -0.05) is 0 Å². The zero-order valence-corrected chi connectivity index (χ0v) is 29.6. The van der Waals surface area contributed by atoms with Crippen LogP contribution in [0, 0.1) is 93.1 Å². The van der Waals surface area contributed by atoms with E-state index in [1.807, 2.05) is 0 Å². The van der Waals surface area contributed by atoms with E-state index in [0.29, 0.717) is 0 Å². The van der Waals surface area contributed by atoms with Crippen molar-refractivity contribution in [3.05, 3.63) is 115 Å². The molecule has 280 valence electrons. The molecule has 4 fully saturated rings. The second-order valence-corrected chi connectivity index (χ2v) is 14.3. The van der Waals surface area contributed by atoms with Gasteiger partial charge >= 0.3 is 29.6 Å². The van der Waals surface area contributed by atoms with Crippen LogP contribution in [0.5, 0.6) is 0 Å². The van der Waals surface area contributed by atoms with Crippen LogP contribution in [-0.2, 0) is 0 Å². The summed E-state index contributed by atoms with van der Waals surface area (Å²) in [6, 6.07) is 0. The van der Waals surface area contributed by atoms with Crippen molar-refractivity contribution in [3.63, 3.8) is 0 Å². The fourth-order valence-corrected chi connectivity index (χ4v) is 7.97. The minimum atomic E-state index is -6.56.